The molecule has 11 nitrogen and oxygen atoms in total. The molecule has 200 valence electrons. The number of rotatable bonds is 13. The molecular formula is C27H32N6O5. The second-order valence-corrected chi connectivity index (χ2v) is 8.96. The second-order valence-electron chi connectivity index (χ2n) is 8.96. The van der Waals surface area contributed by atoms with Crippen molar-refractivity contribution >= 4 is 23.7 Å². The van der Waals surface area contributed by atoms with E-state index in [2.05, 4.69) is 25.9 Å². The van der Waals surface area contributed by atoms with Gasteiger partial charge in [0, 0.05) is 31.2 Å². The fourth-order valence-corrected chi connectivity index (χ4v) is 3.77. The van der Waals surface area contributed by atoms with Crippen molar-refractivity contribution < 1.29 is 24.3 Å². The molecule has 0 radical (unpaired) electrons. The van der Waals surface area contributed by atoms with Gasteiger partial charge in [0.15, 0.2) is 0 Å². The molecule has 0 fully saturated rings. The first kappa shape index (κ1) is 28.1. The van der Waals surface area contributed by atoms with E-state index in [9.17, 15) is 24.3 Å². The zero-order chi connectivity index (χ0) is 27.5. The molecular weight excluding hydrogens is 488 g/mol. The summed E-state index contributed by atoms with van der Waals surface area (Å²) in [6.07, 6.45) is 3.51. The average Bonchev–Trinajstić information content (AvgIpc) is 3.42. The smallest absolute Gasteiger partial charge is 0.325 e. The van der Waals surface area contributed by atoms with Gasteiger partial charge in [-0.1, -0.05) is 60.7 Å². The number of hydrogen-bond donors (Lipinski definition) is 6. The largest absolute Gasteiger partial charge is 0.480 e. The summed E-state index contributed by atoms with van der Waals surface area (Å²) in [6, 6.07) is 13.9. The Morgan fingerprint density at radius 2 is 1.32 bits per heavy atom. The highest BCUT2D eigenvalue weighted by atomic mass is 16.4. The first-order valence-electron chi connectivity index (χ1n) is 12.2. The molecule has 4 unspecified atom stereocenters. The number of aromatic nitrogens is 2. The molecule has 0 saturated heterocycles. The third kappa shape index (κ3) is 8.56. The molecule has 3 aromatic rings. The lowest BCUT2D eigenvalue weighted by atomic mass is 10.0. The van der Waals surface area contributed by atoms with Gasteiger partial charge in [-0.3, -0.25) is 19.2 Å². The number of nitrogens with two attached hydrogens (primary N) is 1. The van der Waals surface area contributed by atoms with Gasteiger partial charge in [-0.25, -0.2) is 4.98 Å². The van der Waals surface area contributed by atoms with Crippen LogP contribution in [0.25, 0.3) is 0 Å². The van der Waals surface area contributed by atoms with Crippen molar-refractivity contribution in [3.8, 4) is 0 Å². The summed E-state index contributed by atoms with van der Waals surface area (Å²) < 4.78 is 0. The summed E-state index contributed by atoms with van der Waals surface area (Å²) >= 11 is 0. The van der Waals surface area contributed by atoms with E-state index in [1.54, 1.807) is 30.5 Å². The number of carboxylic acids is 1. The number of carboxylic acid groups (broad SMARTS) is 1. The monoisotopic (exact) mass is 520 g/mol. The molecule has 0 bridgehead atoms. The number of carbonyl (C=O) groups excluding carboxylic acids is 3. The number of aliphatic carboxylic acids is 1. The predicted octanol–water partition coefficient (Wildman–Crippen LogP) is 0.324. The zero-order valence-corrected chi connectivity index (χ0v) is 21.0. The van der Waals surface area contributed by atoms with Crippen LogP contribution in [0.5, 0.6) is 0 Å². The summed E-state index contributed by atoms with van der Waals surface area (Å²) in [7, 11) is 0. The van der Waals surface area contributed by atoms with Crippen LogP contribution in [-0.2, 0) is 38.4 Å². The van der Waals surface area contributed by atoms with Gasteiger partial charge in [-0.2, -0.15) is 0 Å². The van der Waals surface area contributed by atoms with Crippen LogP contribution >= 0.6 is 0 Å². The second kappa shape index (κ2) is 13.7. The molecule has 4 atom stereocenters. The lowest BCUT2D eigenvalue weighted by Crippen LogP contribution is -2.58. The number of hydrogen-bond acceptors (Lipinski definition) is 6. The normalized spacial score (nSPS) is 13.9. The highest BCUT2D eigenvalue weighted by Crippen LogP contribution is 2.08. The minimum absolute atomic E-state index is 0.121. The number of carbonyl (C=O) groups is 4. The number of H-pyrrole nitrogens is 1. The van der Waals surface area contributed by atoms with E-state index in [-0.39, 0.29) is 19.3 Å². The maximum atomic E-state index is 13.5. The maximum Gasteiger partial charge on any atom is 0.325 e. The van der Waals surface area contributed by atoms with Crippen molar-refractivity contribution in [3.63, 3.8) is 0 Å². The number of imidazole rings is 1. The summed E-state index contributed by atoms with van der Waals surface area (Å²) in [5.41, 5.74) is 8.30. The van der Waals surface area contributed by atoms with Crippen LogP contribution in [0, 0.1) is 0 Å². The molecule has 1 aromatic heterocycles. The summed E-state index contributed by atoms with van der Waals surface area (Å²) in [5, 5.41) is 17.0. The van der Waals surface area contributed by atoms with Crippen LogP contribution in [0.15, 0.2) is 73.2 Å². The molecule has 2 aromatic carbocycles. The number of amides is 3. The fraction of sp³-hybridized carbons (Fsp3) is 0.296. The van der Waals surface area contributed by atoms with E-state index < -0.39 is 47.9 Å². The van der Waals surface area contributed by atoms with E-state index in [0.717, 1.165) is 11.1 Å². The summed E-state index contributed by atoms with van der Waals surface area (Å²) in [5.74, 6) is -3.00. The first-order valence-corrected chi connectivity index (χ1v) is 12.2. The van der Waals surface area contributed by atoms with Gasteiger partial charge in [-0.05, 0) is 18.1 Å². The van der Waals surface area contributed by atoms with Crippen LogP contribution < -0.4 is 21.7 Å². The highest BCUT2D eigenvalue weighted by molar-refractivity contribution is 5.94. The lowest BCUT2D eigenvalue weighted by Gasteiger charge is -2.25. The molecule has 3 amide bonds. The van der Waals surface area contributed by atoms with Gasteiger partial charge < -0.3 is 31.8 Å². The number of nitrogens with zero attached hydrogens (tertiary/aromatic N) is 1. The number of benzene rings is 2. The molecule has 0 aliphatic carbocycles. The molecule has 0 aliphatic rings. The van der Waals surface area contributed by atoms with Crippen molar-refractivity contribution in [1.82, 2.24) is 25.9 Å². The Hall–Kier alpha value is -4.51. The topological polar surface area (TPSA) is 179 Å². The SMILES string of the molecule is CC(NC(=O)C(Cc1ccccc1)NC(=O)C(Cc1ccccc1)NC(=O)C(N)Cc1cnc[nH]1)C(=O)O. The summed E-state index contributed by atoms with van der Waals surface area (Å²) in [4.78, 5) is 57.4. The Morgan fingerprint density at radius 3 is 1.79 bits per heavy atom. The van der Waals surface area contributed by atoms with Gasteiger partial charge in [-0.15, -0.1) is 0 Å². The number of nitrogens with one attached hydrogen (secondary N) is 4. The van der Waals surface area contributed by atoms with Gasteiger partial charge in [0.05, 0.1) is 12.4 Å². The van der Waals surface area contributed by atoms with Crippen LogP contribution in [0.2, 0.25) is 0 Å². The van der Waals surface area contributed by atoms with E-state index in [1.807, 2.05) is 36.4 Å². The minimum Gasteiger partial charge on any atom is -0.480 e. The van der Waals surface area contributed by atoms with Gasteiger partial charge in [0.25, 0.3) is 0 Å². The van der Waals surface area contributed by atoms with Crippen molar-refractivity contribution in [3.05, 3.63) is 90.0 Å². The van der Waals surface area contributed by atoms with E-state index >= 15 is 0 Å². The molecule has 38 heavy (non-hydrogen) atoms. The Kier molecular flexibility index (Phi) is 10.1. The van der Waals surface area contributed by atoms with Crippen molar-refractivity contribution in [2.24, 2.45) is 5.73 Å². The third-order valence-electron chi connectivity index (χ3n) is 5.89. The van der Waals surface area contributed by atoms with Gasteiger partial charge in [0.2, 0.25) is 17.7 Å². The van der Waals surface area contributed by atoms with Crippen LogP contribution in [0.3, 0.4) is 0 Å². The zero-order valence-electron chi connectivity index (χ0n) is 21.0. The van der Waals surface area contributed by atoms with Crippen LogP contribution in [-0.4, -0.2) is 62.9 Å². The van der Waals surface area contributed by atoms with Crippen LogP contribution in [0.1, 0.15) is 23.7 Å². The van der Waals surface area contributed by atoms with Crippen LogP contribution in [0.4, 0.5) is 0 Å². The average molecular weight is 521 g/mol. The van der Waals surface area contributed by atoms with Crippen molar-refractivity contribution in [2.45, 2.75) is 50.4 Å². The lowest BCUT2D eigenvalue weighted by molar-refractivity contribution is -0.141. The number of aromatic amines is 1. The molecule has 0 aliphatic heterocycles. The molecule has 0 saturated carbocycles. The Labute approximate surface area is 220 Å². The predicted molar refractivity (Wildman–Crippen MR) is 140 cm³/mol. The van der Waals surface area contributed by atoms with E-state index in [0.29, 0.717) is 5.69 Å². The Bertz CT molecular complexity index is 1200. The fourth-order valence-electron chi connectivity index (χ4n) is 3.77. The third-order valence-corrected chi connectivity index (χ3v) is 5.89. The Balaban J connectivity index is 1.79. The molecule has 3 rings (SSSR count). The Morgan fingerprint density at radius 1 is 0.816 bits per heavy atom. The van der Waals surface area contributed by atoms with E-state index in [4.69, 9.17) is 5.73 Å². The standard InChI is InChI=1S/C27H32N6O5/c1-17(27(37)38)31-25(35)22(12-18-8-4-2-5-9-18)33-26(36)23(13-19-10-6-3-7-11-19)32-24(34)21(28)14-20-15-29-16-30-20/h2-11,15-17,21-23H,12-14,28H2,1H3,(H,29,30)(H,31,35)(H,32,34)(H,33,36)(H,37,38). The van der Waals surface area contributed by atoms with Gasteiger partial charge >= 0.3 is 5.97 Å². The van der Waals surface area contributed by atoms with E-state index in [1.165, 1.54) is 13.3 Å². The van der Waals surface area contributed by atoms with Gasteiger partial charge in [0.1, 0.15) is 18.1 Å². The molecule has 1 heterocycles. The molecule has 7 N–H and O–H groups in total. The quantitative estimate of drug-likeness (QED) is 0.188. The molecule has 0 spiro atoms. The molecule has 11 heteroatoms. The first-order chi connectivity index (χ1) is 18.2. The van der Waals surface area contributed by atoms with Crippen molar-refractivity contribution in [1.29, 1.82) is 0 Å². The van der Waals surface area contributed by atoms with Crippen molar-refractivity contribution in [2.75, 3.05) is 0 Å². The summed E-state index contributed by atoms with van der Waals surface area (Å²) in [6.45, 7) is 1.33. The maximum absolute atomic E-state index is 13.5. The minimum atomic E-state index is -1.20. The highest BCUT2D eigenvalue weighted by Gasteiger charge is 2.30.